The minimum atomic E-state index is -0.113. The van der Waals surface area contributed by atoms with E-state index in [0.717, 1.165) is 11.4 Å². The van der Waals surface area contributed by atoms with E-state index < -0.39 is 0 Å². The highest BCUT2D eigenvalue weighted by atomic mass is 32.1. The normalized spacial score (nSPS) is 14.0. The predicted octanol–water partition coefficient (Wildman–Crippen LogP) is 18.3. The second-order valence-corrected chi connectivity index (χ2v) is 20.3. The molecular weight excluding hydrogens is 815 g/mol. The molecule has 0 amide bonds. The van der Waals surface area contributed by atoms with Crippen molar-refractivity contribution in [3.8, 4) is 55.6 Å². The van der Waals surface area contributed by atoms with Crippen LogP contribution in [0, 0.1) is 0 Å². The molecule has 0 fully saturated rings. The number of thiophene rings is 1. The standard InChI is InChI=1S/C64H47NS/c1-63(2)55-23-11-9-19-49(55)51-37-32-43(39-57(51)63)40-27-33-44(34-28-40)65(58-25-14-26-59-60(58)54-38-31-41-15-5-6-17-47(41)62(54)66-59)45-35-29-42(30-36-45)46-16-7-8-18-48(46)52-21-13-22-53-50-20-10-12-24-56(50)64(3,4)61(52)53/h5-39H,1-4H3. The zero-order chi connectivity index (χ0) is 44.3. The maximum Gasteiger partial charge on any atom is 0.0554 e. The minimum Gasteiger partial charge on any atom is -0.310 e. The highest BCUT2D eigenvalue weighted by molar-refractivity contribution is 7.26. The topological polar surface area (TPSA) is 3.24 Å². The maximum absolute atomic E-state index is 2.47. The molecule has 1 aromatic heterocycles. The van der Waals surface area contributed by atoms with E-state index in [2.05, 4.69) is 245 Å². The molecule has 66 heavy (non-hydrogen) atoms. The van der Waals surface area contributed by atoms with Gasteiger partial charge in [-0.25, -0.2) is 0 Å². The van der Waals surface area contributed by atoms with Gasteiger partial charge in [-0.3, -0.25) is 0 Å². The van der Waals surface area contributed by atoms with Crippen molar-refractivity contribution in [3.63, 3.8) is 0 Å². The van der Waals surface area contributed by atoms with Gasteiger partial charge in [0.2, 0.25) is 0 Å². The van der Waals surface area contributed by atoms with Crippen LogP contribution in [0.2, 0.25) is 0 Å². The van der Waals surface area contributed by atoms with E-state index in [1.807, 2.05) is 11.3 Å². The van der Waals surface area contributed by atoms with Gasteiger partial charge in [-0.05, 0) is 131 Å². The molecule has 2 aliphatic rings. The zero-order valence-corrected chi connectivity index (χ0v) is 38.4. The van der Waals surface area contributed by atoms with Gasteiger partial charge in [-0.2, -0.15) is 0 Å². The molecule has 1 heterocycles. The molecule has 0 atom stereocenters. The molecule has 0 N–H and O–H groups in total. The molecule has 0 bridgehead atoms. The third-order valence-electron chi connectivity index (χ3n) is 14.9. The summed E-state index contributed by atoms with van der Waals surface area (Å²) >= 11 is 1.89. The van der Waals surface area contributed by atoms with Crippen LogP contribution in [0.3, 0.4) is 0 Å². The average Bonchev–Trinajstić information content (AvgIpc) is 3.95. The summed E-state index contributed by atoms with van der Waals surface area (Å²) in [6.07, 6.45) is 0. The van der Waals surface area contributed by atoms with Crippen LogP contribution in [-0.4, -0.2) is 0 Å². The van der Waals surface area contributed by atoms with Crippen LogP contribution in [0.1, 0.15) is 49.9 Å². The van der Waals surface area contributed by atoms with Gasteiger partial charge in [0.1, 0.15) is 0 Å². The highest BCUT2D eigenvalue weighted by Gasteiger charge is 2.38. The van der Waals surface area contributed by atoms with Crippen LogP contribution < -0.4 is 4.90 Å². The lowest BCUT2D eigenvalue weighted by atomic mass is 9.78. The SMILES string of the molecule is CC1(C)c2ccccc2-c2ccc(-c3ccc(N(c4ccc(-c5ccccc5-c5cccc6c5C(C)(C)c5ccccc5-6)cc4)c4cccc5sc6c7ccccc7ccc6c45)cc3)cc21. The van der Waals surface area contributed by atoms with Crippen molar-refractivity contribution in [1.82, 2.24) is 0 Å². The summed E-state index contributed by atoms with van der Waals surface area (Å²) in [6.45, 7) is 9.48. The summed E-state index contributed by atoms with van der Waals surface area (Å²) in [6, 6.07) is 79.4. The lowest BCUT2D eigenvalue weighted by Gasteiger charge is -2.27. The van der Waals surface area contributed by atoms with Gasteiger partial charge >= 0.3 is 0 Å². The Morgan fingerprint density at radius 2 is 0.909 bits per heavy atom. The second-order valence-electron chi connectivity index (χ2n) is 19.2. The van der Waals surface area contributed by atoms with Gasteiger partial charge in [0.05, 0.1) is 5.69 Å². The monoisotopic (exact) mass is 861 g/mol. The van der Waals surface area contributed by atoms with Crippen molar-refractivity contribution in [1.29, 1.82) is 0 Å². The fourth-order valence-electron chi connectivity index (χ4n) is 11.7. The van der Waals surface area contributed by atoms with E-state index in [9.17, 15) is 0 Å². The van der Waals surface area contributed by atoms with Gasteiger partial charge in [0.25, 0.3) is 0 Å². The van der Waals surface area contributed by atoms with Crippen molar-refractivity contribution in [2.75, 3.05) is 4.90 Å². The number of rotatable bonds is 6. The fraction of sp³-hybridized carbons (Fsp3) is 0.0938. The molecule has 11 aromatic rings. The van der Waals surface area contributed by atoms with Crippen LogP contribution in [0.4, 0.5) is 17.1 Å². The lowest BCUT2D eigenvalue weighted by molar-refractivity contribution is 0.660. The summed E-state index contributed by atoms with van der Waals surface area (Å²) in [5, 5.41) is 5.15. The van der Waals surface area contributed by atoms with E-state index in [1.165, 1.54) is 115 Å². The highest BCUT2D eigenvalue weighted by Crippen LogP contribution is 2.54. The van der Waals surface area contributed by atoms with Crippen molar-refractivity contribution < 1.29 is 0 Å². The average molecular weight is 862 g/mol. The Bertz CT molecular complexity index is 3750. The Morgan fingerprint density at radius 1 is 0.364 bits per heavy atom. The van der Waals surface area contributed by atoms with Crippen LogP contribution >= 0.6 is 11.3 Å². The van der Waals surface area contributed by atoms with Gasteiger partial charge in [0.15, 0.2) is 0 Å². The number of fused-ring (bicyclic) bond motifs is 11. The van der Waals surface area contributed by atoms with Gasteiger partial charge in [-0.1, -0.05) is 198 Å². The molecule has 0 unspecified atom stereocenters. The molecule has 13 rings (SSSR count). The van der Waals surface area contributed by atoms with Crippen LogP contribution in [-0.2, 0) is 10.8 Å². The molecule has 0 radical (unpaired) electrons. The Kier molecular flexibility index (Phi) is 8.54. The number of hydrogen-bond acceptors (Lipinski definition) is 2. The minimum absolute atomic E-state index is 0.0533. The van der Waals surface area contributed by atoms with Crippen LogP contribution in [0.15, 0.2) is 212 Å². The Hall–Kier alpha value is -7.52. The molecule has 2 heteroatoms. The van der Waals surface area contributed by atoms with E-state index in [4.69, 9.17) is 0 Å². The molecule has 10 aromatic carbocycles. The number of benzene rings is 10. The summed E-state index contributed by atoms with van der Waals surface area (Å²) in [5.41, 5.74) is 21.7. The van der Waals surface area contributed by atoms with Crippen molar-refractivity contribution >= 4 is 59.3 Å². The summed E-state index contributed by atoms with van der Waals surface area (Å²) in [7, 11) is 0. The molecule has 1 nitrogen and oxygen atoms in total. The fourth-order valence-corrected chi connectivity index (χ4v) is 12.9. The zero-order valence-electron chi connectivity index (χ0n) is 37.6. The first-order chi connectivity index (χ1) is 32.3. The van der Waals surface area contributed by atoms with E-state index in [0.29, 0.717) is 0 Å². The summed E-state index contributed by atoms with van der Waals surface area (Å²) in [5.74, 6) is 0. The largest absolute Gasteiger partial charge is 0.310 e. The Balaban J connectivity index is 0.939. The smallest absolute Gasteiger partial charge is 0.0554 e. The molecule has 0 spiro atoms. The van der Waals surface area contributed by atoms with Gasteiger partial charge in [-0.15, -0.1) is 11.3 Å². The van der Waals surface area contributed by atoms with Gasteiger partial charge in [0, 0.05) is 42.4 Å². The molecular formula is C64H47NS. The third-order valence-corrected chi connectivity index (χ3v) is 16.1. The third kappa shape index (κ3) is 5.71. The van der Waals surface area contributed by atoms with Gasteiger partial charge < -0.3 is 4.90 Å². The quantitative estimate of drug-likeness (QED) is 0.161. The van der Waals surface area contributed by atoms with E-state index in [1.54, 1.807) is 0 Å². The predicted molar refractivity (Wildman–Crippen MR) is 283 cm³/mol. The second kappa shape index (κ2) is 14.5. The maximum atomic E-state index is 2.47. The van der Waals surface area contributed by atoms with Crippen molar-refractivity contribution in [2.24, 2.45) is 0 Å². The number of hydrogen-bond donors (Lipinski definition) is 0. The summed E-state index contributed by atoms with van der Waals surface area (Å²) in [4.78, 5) is 2.47. The molecule has 0 aliphatic heterocycles. The first-order valence-corrected chi connectivity index (χ1v) is 24.0. The van der Waals surface area contributed by atoms with Crippen molar-refractivity contribution in [3.05, 3.63) is 235 Å². The number of nitrogens with zero attached hydrogens (tertiary/aromatic N) is 1. The Labute approximate surface area is 390 Å². The van der Waals surface area contributed by atoms with Crippen LogP contribution in [0.5, 0.6) is 0 Å². The van der Waals surface area contributed by atoms with Crippen LogP contribution in [0.25, 0.3) is 86.6 Å². The van der Waals surface area contributed by atoms with Crippen molar-refractivity contribution in [2.45, 2.75) is 38.5 Å². The molecule has 0 saturated carbocycles. The Morgan fingerprint density at radius 3 is 1.65 bits per heavy atom. The molecule has 2 aliphatic carbocycles. The lowest BCUT2D eigenvalue weighted by Crippen LogP contribution is -2.16. The molecule has 0 saturated heterocycles. The summed E-state index contributed by atoms with van der Waals surface area (Å²) < 4.78 is 2.62. The van der Waals surface area contributed by atoms with E-state index in [-0.39, 0.29) is 10.8 Å². The first kappa shape index (κ1) is 38.9. The molecule has 314 valence electrons. The first-order valence-electron chi connectivity index (χ1n) is 23.2. The van der Waals surface area contributed by atoms with E-state index >= 15 is 0 Å². The number of anilines is 3.